The van der Waals surface area contributed by atoms with Crippen LogP contribution >= 0.6 is 25.1 Å². The van der Waals surface area contributed by atoms with Crippen molar-refractivity contribution in [3.63, 3.8) is 0 Å². The second kappa shape index (κ2) is 10.2. The molecule has 1 fully saturated rings. The molecule has 0 saturated heterocycles. The fourth-order valence-corrected chi connectivity index (χ4v) is 10.2. The van der Waals surface area contributed by atoms with Crippen LogP contribution in [0.5, 0.6) is 0 Å². The van der Waals surface area contributed by atoms with Gasteiger partial charge in [-0.2, -0.15) is 0 Å². The SMILES string of the molecule is CCCCP(c1ccccc1-c1c(PC)cc(C)cc1PC)C1(CCC)CC1. The summed E-state index contributed by atoms with van der Waals surface area (Å²) in [5.41, 5.74) is 4.58. The Morgan fingerprint density at radius 1 is 0.964 bits per heavy atom. The first kappa shape index (κ1) is 22.4. The number of hydrogen-bond acceptors (Lipinski definition) is 0. The largest absolute Gasteiger partial charge is 0.0929 e. The Morgan fingerprint density at radius 3 is 2.14 bits per heavy atom. The molecule has 0 nitrogen and oxygen atoms in total. The van der Waals surface area contributed by atoms with E-state index in [0.717, 1.165) is 17.2 Å². The molecule has 0 heterocycles. The quantitative estimate of drug-likeness (QED) is 0.365. The topological polar surface area (TPSA) is 0 Å². The first-order valence-electron chi connectivity index (χ1n) is 11.0. The molecule has 3 atom stereocenters. The van der Waals surface area contributed by atoms with E-state index in [0.29, 0.717) is 5.16 Å². The highest BCUT2D eigenvalue weighted by Crippen LogP contribution is 2.66. The van der Waals surface area contributed by atoms with Crippen molar-refractivity contribution in [2.75, 3.05) is 19.5 Å². The van der Waals surface area contributed by atoms with Crippen LogP contribution in [0.25, 0.3) is 11.1 Å². The summed E-state index contributed by atoms with van der Waals surface area (Å²) < 4.78 is 0. The van der Waals surface area contributed by atoms with Crippen LogP contribution in [-0.4, -0.2) is 24.6 Å². The minimum Gasteiger partial charge on any atom is -0.0929 e. The molecule has 0 aliphatic heterocycles. The van der Waals surface area contributed by atoms with Gasteiger partial charge in [0.05, 0.1) is 0 Å². The van der Waals surface area contributed by atoms with Crippen molar-refractivity contribution in [1.82, 2.24) is 0 Å². The monoisotopic (exact) mass is 430 g/mol. The van der Waals surface area contributed by atoms with Gasteiger partial charge in [0.15, 0.2) is 0 Å². The van der Waals surface area contributed by atoms with E-state index in [4.69, 9.17) is 0 Å². The normalized spacial score (nSPS) is 17.0. The van der Waals surface area contributed by atoms with E-state index in [9.17, 15) is 0 Å². The van der Waals surface area contributed by atoms with Crippen molar-refractivity contribution in [2.24, 2.45) is 0 Å². The molecule has 0 N–H and O–H groups in total. The first-order valence-corrected chi connectivity index (χ1v) is 15.5. The van der Waals surface area contributed by atoms with Crippen LogP contribution in [0, 0.1) is 6.92 Å². The molecule has 2 aromatic rings. The van der Waals surface area contributed by atoms with Gasteiger partial charge in [0.2, 0.25) is 0 Å². The molecule has 0 radical (unpaired) electrons. The molecule has 28 heavy (non-hydrogen) atoms. The molecule has 3 rings (SSSR count). The smallest absolute Gasteiger partial charge is 0.00288 e. The van der Waals surface area contributed by atoms with E-state index in [2.05, 4.69) is 70.5 Å². The van der Waals surface area contributed by atoms with Crippen LogP contribution in [-0.2, 0) is 0 Å². The van der Waals surface area contributed by atoms with E-state index >= 15 is 0 Å². The predicted molar refractivity (Wildman–Crippen MR) is 138 cm³/mol. The van der Waals surface area contributed by atoms with Gasteiger partial charge in [-0.25, -0.2) is 0 Å². The summed E-state index contributed by atoms with van der Waals surface area (Å²) in [5, 5.41) is 5.49. The van der Waals surface area contributed by atoms with Crippen LogP contribution in [0.15, 0.2) is 36.4 Å². The third-order valence-corrected chi connectivity index (χ3v) is 11.6. The molecule has 0 bridgehead atoms. The zero-order valence-corrected chi connectivity index (χ0v) is 21.3. The highest BCUT2D eigenvalue weighted by atomic mass is 31.1. The Labute approximate surface area is 178 Å². The van der Waals surface area contributed by atoms with Crippen molar-refractivity contribution in [1.29, 1.82) is 0 Å². The average molecular weight is 430 g/mol. The fraction of sp³-hybridized carbons (Fsp3) is 0.520. The second-order valence-corrected chi connectivity index (χ2v) is 13.0. The van der Waals surface area contributed by atoms with E-state index < -0.39 is 0 Å². The van der Waals surface area contributed by atoms with Gasteiger partial charge >= 0.3 is 0 Å². The van der Waals surface area contributed by atoms with Crippen LogP contribution in [0.1, 0.15) is 57.9 Å². The van der Waals surface area contributed by atoms with Gasteiger partial charge in [-0.3, -0.25) is 0 Å². The molecule has 152 valence electrons. The van der Waals surface area contributed by atoms with Crippen molar-refractivity contribution in [2.45, 2.75) is 64.5 Å². The molecule has 1 saturated carbocycles. The number of rotatable bonds is 10. The van der Waals surface area contributed by atoms with Crippen molar-refractivity contribution in [3.05, 3.63) is 42.0 Å². The maximum Gasteiger partial charge on any atom is -0.00288 e. The standard InChI is InChI=1S/C25H37P3/c1-6-8-16-28(25(13-7-2)14-15-25)23-12-10-9-11-20(23)24-21(26-4)17-19(3)18-22(24)27-5/h9-12,17-18,26-27H,6-8,13-16H2,1-5H3. The maximum absolute atomic E-state index is 2.50. The highest BCUT2D eigenvalue weighted by Gasteiger charge is 2.48. The zero-order chi connectivity index (χ0) is 20.1. The minimum absolute atomic E-state index is 0.0804. The lowest BCUT2D eigenvalue weighted by Crippen LogP contribution is -2.22. The van der Waals surface area contributed by atoms with Gasteiger partial charge in [-0.1, -0.05) is 88.2 Å². The zero-order valence-electron chi connectivity index (χ0n) is 18.4. The number of hydrogen-bond donors (Lipinski definition) is 0. The Kier molecular flexibility index (Phi) is 8.14. The highest BCUT2D eigenvalue weighted by molar-refractivity contribution is 7.67. The fourth-order valence-electron chi connectivity index (χ4n) is 4.59. The van der Waals surface area contributed by atoms with Crippen LogP contribution in [0.4, 0.5) is 0 Å². The average Bonchev–Trinajstić information content (AvgIpc) is 3.48. The molecule has 2 aromatic carbocycles. The summed E-state index contributed by atoms with van der Waals surface area (Å²) in [5.74, 6) is 0. The number of aryl methyl sites for hydroxylation is 1. The third-order valence-electron chi connectivity index (χ3n) is 6.14. The van der Waals surface area contributed by atoms with Gasteiger partial charge < -0.3 is 0 Å². The maximum atomic E-state index is 2.50. The molecular formula is C25H37P3. The lowest BCUT2D eigenvalue weighted by Gasteiger charge is -2.31. The molecule has 3 heteroatoms. The number of benzene rings is 2. The Morgan fingerprint density at radius 2 is 1.61 bits per heavy atom. The number of unbranched alkanes of at least 4 members (excludes halogenated alkanes) is 1. The van der Waals surface area contributed by atoms with Crippen molar-refractivity contribution >= 4 is 41.0 Å². The van der Waals surface area contributed by atoms with E-state index in [1.54, 1.807) is 27.0 Å². The molecule has 0 aromatic heterocycles. The van der Waals surface area contributed by atoms with E-state index in [-0.39, 0.29) is 7.92 Å². The molecule has 3 unspecified atom stereocenters. The van der Waals surface area contributed by atoms with Crippen molar-refractivity contribution in [3.8, 4) is 11.1 Å². The van der Waals surface area contributed by atoms with Crippen LogP contribution in [0.3, 0.4) is 0 Å². The van der Waals surface area contributed by atoms with Crippen LogP contribution < -0.4 is 15.9 Å². The molecule has 0 spiro atoms. The lowest BCUT2D eigenvalue weighted by atomic mass is 10.0. The van der Waals surface area contributed by atoms with Gasteiger partial charge in [-0.15, -0.1) is 0 Å². The van der Waals surface area contributed by atoms with Gasteiger partial charge in [0, 0.05) is 0 Å². The molecule has 1 aliphatic carbocycles. The van der Waals surface area contributed by atoms with E-state index in [1.807, 2.05) is 0 Å². The summed E-state index contributed by atoms with van der Waals surface area (Å²) in [6.45, 7) is 11.7. The van der Waals surface area contributed by atoms with Gasteiger partial charge in [0.1, 0.15) is 0 Å². The second-order valence-electron chi connectivity index (χ2n) is 8.23. The lowest BCUT2D eigenvalue weighted by molar-refractivity contribution is 0.735. The molecule has 0 amide bonds. The summed E-state index contributed by atoms with van der Waals surface area (Å²) in [7, 11) is 1.63. The van der Waals surface area contributed by atoms with Crippen LogP contribution in [0.2, 0.25) is 0 Å². The first-order chi connectivity index (χ1) is 13.6. The summed E-state index contributed by atoms with van der Waals surface area (Å²) in [6.07, 6.45) is 9.80. The van der Waals surface area contributed by atoms with Crippen molar-refractivity contribution < 1.29 is 0 Å². The Balaban J connectivity index is 2.16. The third kappa shape index (κ3) is 4.72. The summed E-state index contributed by atoms with van der Waals surface area (Å²) >= 11 is 0. The molecular weight excluding hydrogens is 393 g/mol. The van der Waals surface area contributed by atoms with Gasteiger partial charge in [0.25, 0.3) is 0 Å². The Hall–Kier alpha value is -0.270. The molecule has 1 aliphatic rings. The predicted octanol–water partition coefficient (Wildman–Crippen LogP) is 6.77. The van der Waals surface area contributed by atoms with E-state index in [1.165, 1.54) is 50.3 Å². The Bertz CT molecular complexity index is 767. The minimum atomic E-state index is -0.0804. The van der Waals surface area contributed by atoms with Gasteiger partial charge in [-0.05, 0) is 89.9 Å². The summed E-state index contributed by atoms with van der Waals surface area (Å²) in [6, 6.07) is 14.4. The summed E-state index contributed by atoms with van der Waals surface area (Å²) in [4.78, 5) is 0.